The molecule has 6 heteroatoms. The van der Waals surface area contributed by atoms with Gasteiger partial charge in [-0.15, -0.1) is 5.10 Å². The maximum Gasteiger partial charge on any atom is 0.273 e. The molecule has 3 aromatic rings. The Bertz CT molecular complexity index is 989. The minimum atomic E-state index is -0.188. The van der Waals surface area contributed by atoms with Crippen molar-refractivity contribution < 1.29 is 9.53 Å². The highest BCUT2D eigenvalue weighted by atomic mass is 16.5. The molecule has 1 aliphatic carbocycles. The van der Waals surface area contributed by atoms with Crippen LogP contribution >= 0.6 is 0 Å². The minimum Gasteiger partial charge on any atom is -0.497 e. The number of hydrogen-bond donors (Lipinski definition) is 1. The van der Waals surface area contributed by atoms with Crippen LogP contribution < -0.4 is 10.1 Å². The predicted octanol–water partition coefficient (Wildman–Crippen LogP) is 4.83. The fourth-order valence-electron chi connectivity index (χ4n) is 4.07. The summed E-state index contributed by atoms with van der Waals surface area (Å²) in [7, 11) is 1.67. The first kappa shape index (κ1) is 19.4. The molecule has 4 rings (SSSR count). The molecule has 2 aromatic carbocycles. The van der Waals surface area contributed by atoms with Crippen molar-refractivity contribution in [3.63, 3.8) is 0 Å². The van der Waals surface area contributed by atoms with Crippen molar-refractivity contribution in [1.82, 2.24) is 20.3 Å². The highest BCUT2D eigenvalue weighted by Gasteiger charge is 2.19. The fraction of sp³-hybridized carbons (Fsp3) is 0.435. The number of fused-ring (bicyclic) bond motifs is 1. The molecule has 1 N–H and O–H groups in total. The van der Waals surface area contributed by atoms with Crippen molar-refractivity contribution in [2.24, 2.45) is 0 Å². The van der Waals surface area contributed by atoms with Crippen molar-refractivity contribution in [2.75, 3.05) is 7.11 Å². The summed E-state index contributed by atoms with van der Waals surface area (Å²) in [5.41, 5.74) is 1.43. The molecule has 1 atom stereocenters. The number of aromatic nitrogens is 3. The lowest BCUT2D eigenvalue weighted by Crippen LogP contribution is -2.27. The summed E-state index contributed by atoms with van der Waals surface area (Å²) in [4.78, 5) is 12.7. The third-order valence-corrected chi connectivity index (χ3v) is 5.86. The molecule has 152 valence electrons. The van der Waals surface area contributed by atoms with Crippen molar-refractivity contribution in [3.8, 4) is 5.75 Å². The van der Waals surface area contributed by atoms with Gasteiger partial charge in [0.25, 0.3) is 5.91 Å². The van der Waals surface area contributed by atoms with Crippen LogP contribution in [-0.2, 0) is 0 Å². The highest BCUT2D eigenvalue weighted by Crippen LogP contribution is 2.27. The number of amides is 1. The zero-order valence-corrected chi connectivity index (χ0v) is 17.1. The number of hydrogen-bond acceptors (Lipinski definition) is 4. The van der Waals surface area contributed by atoms with Crippen LogP contribution in [0.5, 0.6) is 5.75 Å². The Balaban J connectivity index is 1.44. The number of methoxy groups -OCH3 is 1. The zero-order chi connectivity index (χ0) is 20.2. The first-order valence-corrected chi connectivity index (χ1v) is 10.4. The van der Waals surface area contributed by atoms with Crippen LogP contribution in [0.4, 0.5) is 0 Å². The van der Waals surface area contributed by atoms with Gasteiger partial charge < -0.3 is 10.1 Å². The molecule has 1 heterocycles. The van der Waals surface area contributed by atoms with Gasteiger partial charge in [-0.2, -0.15) is 0 Å². The number of ether oxygens (including phenoxy) is 1. The molecule has 29 heavy (non-hydrogen) atoms. The van der Waals surface area contributed by atoms with Gasteiger partial charge in [0.2, 0.25) is 0 Å². The molecule has 0 bridgehead atoms. The summed E-state index contributed by atoms with van der Waals surface area (Å²) in [6, 6.07) is 12.4. The molecule has 6 nitrogen and oxygen atoms in total. The van der Waals surface area contributed by atoms with Crippen LogP contribution in [0.2, 0.25) is 0 Å². The smallest absolute Gasteiger partial charge is 0.273 e. The van der Waals surface area contributed by atoms with E-state index in [1.807, 2.05) is 35.9 Å². The molecule has 1 aliphatic rings. The third kappa shape index (κ3) is 4.42. The van der Waals surface area contributed by atoms with Gasteiger partial charge in [-0.1, -0.05) is 49.1 Å². The van der Waals surface area contributed by atoms with Crippen LogP contribution in [0.1, 0.15) is 73.6 Å². The molecule has 1 aromatic heterocycles. The average Bonchev–Trinajstić information content (AvgIpc) is 3.09. The second-order valence-electron chi connectivity index (χ2n) is 7.90. The Morgan fingerprint density at radius 1 is 1.10 bits per heavy atom. The summed E-state index contributed by atoms with van der Waals surface area (Å²) in [5, 5.41) is 13.6. The minimum absolute atomic E-state index is 0.128. The fourth-order valence-corrected chi connectivity index (χ4v) is 4.07. The zero-order valence-electron chi connectivity index (χ0n) is 17.1. The van der Waals surface area contributed by atoms with E-state index in [9.17, 15) is 4.79 Å². The normalized spacial score (nSPS) is 16.3. The quantitative estimate of drug-likeness (QED) is 0.632. The summed E-state index contributed by atoms with van der Waals surface area (Å²) < 4.78 is 7.17. The van der Waals surface area contributed by atoms with Gasteiger partial charge in [0.05, 0.1) is 25.4 Å². The lowest BCUT2D eigenvalue weighted by atomic mass is 10.0. The first-order chi connectivity index (χ1) is 14.1. The van der Waals surface area contributed by atoms with E-state index in [2.05, 4.69) is 27.8 Å². The van der Waals surface area contributed by atoms with E-state index in [1.165, 1.54) is 25.7 Å². The van der Waals surface area contributed by atoms with Crippen molar-refractivity contribution in [2.45, 2.75) is 57.5 Å². The molecule has 1 fully saturated rings. The van der Waals surface area contributed by atoms with Gasteiger partial charge in [0, 0.05) is 0 Å². The van der Waals surface area contributed by atoms with E-state index < -0.39 is 0 Å². The van der Waals surface area contributed by atoms with Gasteiger partial charge in [-0.25, -0.2) is 4.68 Å². The largest absolute Gasteiger partial charge is 0.497 e. The Kier molecular flexibility index (Phi) is 5.79. The van der Waals surface area contributed by atoms with Gasteiger partial charge in [-0.3, -0.25) is 4.79 Å². The Morgan fingerprint density at radius 3 is 2.59 bits per heavy atom. The lowest BCUT2D eigenvalue weighted by Gasteiger charge is -2.15. The first-order valence-electron chi connectivity index (χ1n) is 10.4. The summed E-state index contributed by atoms with van der Waals surface area (Å²) in [6.07, 6.45) is 9.03. The topological polar surface area (TPSA) is 69.0 Å². The predicted molar refractivity (Wildman–Crippen MR) is 113 cm³/mol. The number of carbonyl (C=O) groups is 1. The maximum atomic E-state index is 12.7. The van der Waals surface area contributed by atoms with Crippen molar-refractivity contribution >= 4 is 16.7 Å². The van der Waals surface area contributed by atoms with E-state index >= 15 is 0 Å². The Morgan fingerprint density at radius 2 is 1.83 bits per heavy atom. The van der Waals surface area contributed by atoms with Crippen LogP contribution in [-0.4, -0.2) is 28.0 Å². The van der Waals surface area contributed by atoms with E-state index in [1.54, 1.807) is 13.3 Å². The number of carbonyl (C=O) groups excluding carboxylic acids is 1. The van der Waals surface area contributed by atoms with E-state index in [0.29, 0.717) is 11.7 Å². The van der Waals surface area contributed by atoms with E-state index in [-0.39, 0.29) is 11.9 Å². The lowest BCUT2D eigenvalue weighted by molar-refractivity contribution is 0.0934. The molecular weight excluding hydrogens is 364 g/mol. The number of rotatable bonds is 5. The average molecular weight is 393 g/mol. The molecule has 1 amide bonds. The van der Waals surface area contributed by atoms with Crippen LogP contribution in [0.3, 0.4) is 0 Å². The number of benzene rings is 2. The van der Waals surface area contributed by atoms with Gasteiger partial charge in [0.15, 0.2) is 5.69 Å². The van der Waals surface area contributed by atoms with Crippen LogP contribution in [0, 0.1) is 0 Å². The molecule has 0 spiro atoms. The SMILES string of the molecule is COc1ccc2cc([C@H](C)NC(=O)c3cn(C4CCCCCC4)nn3)ccc2c1. The Labute approximate surface area is 171 Å². The highest BCUT2D eigenvalue weighted by molar-refractivity contribution is 5.92. The molecule has 1 saturated carbocycles. The molecule has 0 aliphatic heterocycles. The van der Waals surface area contributed by atoms with Crippen LogP contribution in [0.25, 0.3) is 10.8 Å². The molecular formula is C23H28N4O2. The second kappa shape index (κ2) is 8.64. The molecule has 0 unspecified atom stereocenters. The monoisotopic (exact) mass is 392 g/mol. The van der Waals surface area contributed by atoms with Gasteiger partial charge >= 0.3 is 0 Å². The Hall–Kier alpha value is -2.89. The second-order valence-corrected chi connectivity index (χ2v) is 7.90. The van der Waals surface area contributed by atoms with Gasteiger partial charge in [-0.05, 0) is 54.3 Å². The van der Waals surface area contributed by atoms with E-state index in [0.717, 1.165) is 34.9 Å². The molecule has 0 saturated heterocycles. The van der Waals surface area contributed by atoms with Gasteiger partial charge in [0.1, 0.15) is 5.75 Å². The van der Waals surface area contributed by atoms with E-state index in [4.69, 9.17) is 4.74 Å². The molecule has 0 radical (unpaired) electrons. The van der Waals surface area contributed by atoms with Crippen molar-refractivity contribution in [3.05, 3.63) is 53.9 Å². The van der Waals surface area contributed by atoms with Crippen LogP contribution in [0.15, 0.2) is 42.6 Å². The number of nitrogens with zero attached hydrogens (tertiary/aromatic N) is 3. The summed E-state index contributed by atoms with van der Waals surface area (Å²) in [5.74, 6) is 0.649. The standard InChI is InChI=1S/C23H28N4O2/c1-16(17-9-10-19-14-21(29-2)12-11-18(19)13-17)24-23(28)22-15-27(26-25-22)20-7-5-3-4-6-8-20/h9-16,20H,3-8H2,1-2H3,(H,24,28)/t16-/m0/s1. The number of nitrogens with one attached hydrogen (secondary N) is 1. The third-order valence-electron chi connectivity index (χ3n) is 5.86. The van der Waals surface area contributed by atoms with Crippen molar-refractivity contribution in [1.29, 1.82) is 0 Å². The summed E-state index contributed by atoms with van der Waals surface area (Å²) in [6.45, 7) is 1.98. The summed E-state index contributed by atoms with van der Waals surface area (Å²) >= 11 is 0. The maximum absolute atomic E-state index is 12.7.